The lowest BCUT2D eigenvalue weighted by atomic mass is 10.1. The minimum absolute atomic E-state index is 0.247. The molecule has 1 atom stereocenters. The quantitative estimate of drug-likeness (QED) is 0.857. The van der Waals surface area contributed by atoms with E-state index >= 15 is 0 Å². The van der Waals surface area contributed by atoms with E-state index in [0.717, 1.165) is 22.3 Å². The Morgan fingerprint density at radius 3 is 2.95 bits per heavy atom. The Morgan fingerprint density at radius 2 is 2.15 bits per heavy atom. The number of hydrogen-bond donors (Lipinski definition) is 1. The summed E-state index contributed by atoms with van der Waals surface area (Å²) >= 11 is 1.74. The molecule has 0 saturated carbocycles. The fourth-order valence-electron chi connectivity index (χ4n) is 2.08. The molecule has 2 aromatic rings. The highest BCUT2D eigenvalue weighted by atomic mass is 32.2. The minimum atomic E-state index is 0.247. The third kappa shape index (κ3) is 2.89. The predicted molar refractivity (Wildman–Crippen MR) is 79.3 cm³/mol. The molecule has 20 heavy (non-hydrogen) atoms. The van der Waals surface area contributed by atoms with Crippen LogP contribution in [0.5, 0.6) is 11.5 Å². The van der Waals surface area contributed by atoms with Gasteiger partial charge < -0.3 is 14.8 Å². The van der Waals surface area contributed by atoms with Crippen molar-refractivity contribution in [3.05, 3.63) is 48.2 Å². The maximum absolute atomic E-state index is 5.43. The Balaban J connectivity index is 1.70. The van der Waals surface area contributed by atoms with Gasteiger partial charge in [-0.3, -0.25) is 0 Å². The van der Waals surface area contributed by atoms with Crippen LogP contribution in [0.2, 0.25) is 0 Å². The van der Waals surface area contributed by atoms with E-state index in [0.29, 0.717) is 6.79 Å². The van der Waals surface area contributed by atoms with Gasteiger partial charge >= 0.3 is 0 Å². The Labute approximate surface area is 122 Å². The molecule has 1 unspecified atom stereocenters. The lowest BCUT2D eigenvalue weighted by Crippen LogP contribution is -2.18. The van der Waals surface area contributed by atoms with Crippen molar-refractivity contribution in [2.45, 2.75) is 11.1 Å². The van der Waals surface area contributed by atoms with Crippen molar-refractivity contribution < 1.29 is 9.47 Å². The third-order valence-corrected chi connectivity index (χ3v) is 4.22. The van der Waals surface area contributed by atoms with Crippen molar-refractivity contribution in [2.75, 3.05) is 19.6 Å². The van der Waals surface area contributed by atoms with E-state index in [1.807, 2.05) is 43.6 Å². The van der Waals surface area contributed by atoms with Crippen LogP contribution in [0.25, 0.3) is 0 Å². The molecule has 4 nitrogen and oxygen atoms in total. The van der Waals surface area contributed by atoms with E-state index in [-0.39, 0.29) is 6.04 Å². The van der Waals surface area contributed by atoms with Gasteiger partial charge in [0, 0.05) is 18.0 Å². The number of nitrogens with one attached hydrogen (secondary N) is 1. The van der Waals surface area contributed by atoms with E-state index < -0.39 is 0 Å². The molecule has 104 valence electrons. The van der Waals surface area contributed by atoms with Crippen molar-refractivity contribution in [1.82, 2.24) is 10.3 Å². The zero-order valence-corrected chi connectivity index (χ0v) is 12.0. The summed E-state index contributed by atoms with van der Waals surface area (Å²) < 4.78 is 10.8. The van der Waals surface area contributed by atoms with Crippen molar-refractivity contribution in [3.63, 3.8) is 0 Å². The molecule has 1 aliphatic heterocycles. The molecule has 0 saturated heterocycles. The third-order valence-electron chi connectivity index (χ3n) is 3.18. The second-order valence-corrected chi connectivity index (χ2v) is 5.47. The fourth-order valence-corrected chi connectivity index (χ4v) is 3.08. The standard InChI is InChI=1S/C15H16N2O2S/c1-16-12(9-20-15-4-2-3-7-17-15)11-5-6-13-14(8-11)19-10-18-13/h2-8,12,16H,9-10H2,1H3. The number of hydrogen-bond acceptors (Lipinski definition) is 5. The molecule has 3 rings (SSSR count). The van der Waals surface area contributed by atoms with Gasteiger partial charge in [-0.2, -0.15) is 0 Å². The van der Waals surface area contributed by atoms with Gasteiger partial charge in [0.05, 0.1) is 5.03 Å². The summed E-state index contributed by atoms with van der Waals surface area (Å²) in [7, 11) is 1.97. The Hall–Kier alpha value is -1.72. The highest BCUT2D eigenvalue weighted by Gasteiger charge is 2.17. The van der Waals surface area contributed by atoms with Gasteiger partial charge in [0.15, 0.2) is 11.5 Å². The first-order valence-corrected chi connectivity index (χ1v) is 7.46. The molecular formula is C15H16N2O2S. The number of ether oxygens (including phenoxy) is 2. The highest BCUT2D eigenvalue weighted by molar-refractivity contribution is 7.99. The van der Waals surface area contributed by atoms with E-state index in [2.05, 4.69) is 16.4 Å². The van der Waals surface area contributed by atoms with Gasteiger partial charge in [-0.05, 0) is 36.9 Å². The van der Waals surface area contributed by atoms with Crippen LogP contribution in [0.1, 0.15) is 11.6 Å². The van der Waals surface area contributed by atoms with E-state index in [9.17, 15) is 0 Å². The van der Waals surface area contributed by atoms with Gasteiger partial charge in [0.1, 0.15) is 0 Å². The molecule has 0 radical (unpaired) electrons. The summed E-state index contributed by atoms with van der Waals surface area (Å²) in [4.78, 5) is 4.33. The molecular weight excluding hydrogens is 272 g/mol. The normalized spacial score (nSPS) is 14.2. The molecule has 2 heterocycles. The van der Waals surface area contributed by atoms with Crippen LogP contribution >= 0.6 is 11.8 Å². The van der Waals surface area contributed by atoms with E-state index in [4.69, 9.17) is 9.47 Å². The maximum Gasteiger partial charge on any atom is 0.231 e. The molecule has 0 aliphatic carbocycles. The fraction of sp³-hybridized carbons (Fsp3) is 0.267. The van der Waals surface area contributed by atoms with Gasteiger partial charge in [0.2, 0.25) is 6.79 Å². The topological polar surface area (TPSA) is 43.4 Å². The zero-order valence-electron chi connectivity index (χ0n) is 11.2. The second kappa shape index (κ2) is 6.15. The van der Waals surface area contributed by atoms with E-state index in [1.165, 1.54) is 5.56 Å². The lowest BCUT2D eigenvalue weighted by molar-refractivity contribution is 0.174. The average Bonchev–Trinajstić information content (AvgIpc) is 2.96. The van der Waals surface area contributed by atoms with Crippen molar-refractivity contribution >= 4 is 11.8 Å². The molecule has 1 aliphatic rings. The first-order valence-electron chi connectivity index (χ1n) is 6.47. The summed E-state index contributed by atoms with van der Waals surface area (Å²) in [6, 6.07) is 12.3. The second-order valence-electron chi connectivity index (χ2n) is 4.43. The maximum atomic E-state index is 5.43. The molecule has 5 heteroatoms. The first kappa shape index (κ1) is 13.3. The Kier molecular flexibility index (Phi) is 4.08. The van der Waals surface area contributed by atoms with Crippen LogP contribution in [0.3, 0.4) is 0 Å². The van der Waals surface area contributed by atoms with Crippen molar-refractivity contribution in [1.29, 1.82) is 0 Å². The van der Waals surface area contributed by atoms with Gasteiger partial charge in [-0.25, -0.2) is 4.98 Å². The summed E-state index contributed by atoms with van der Waals surface area (Å²) in [6.07, 6.45) is 1.82. The molecule has 0 amide bonds. The molecule has 0 spiro atoms. The number of nitrogens with zero attached hydrogens (tertiary/aromatic N) is 1. The largest absolute Gasteiger partial charge is 0.454 e. The van der Waals surface area contributed by atoms with Gasteiger partial charge in [0.25, 0.3) is 0 Å². The molecule has 0 fully saturated rings. The number of benzene rings is 1. The summed E-state index contributed by atoms with van der Waals surface area (Å²) in [5, 5.41) is 4.37. The van der Waals surface area contributed by atoms with E-state index in [1.54, 1.807) is 11.8 Å². The van der Waals surface area contributed by atoms with Gasteiger partial charge in [-0.1, -0.05) is 12.1 Å². The highest BCUT2D eigenvalue weighted by Crippen LogP contribution is 2.35. The molecule has 0 bridgehead atoms. The Bertz CT molecular complexity index is 577. The minimum Gasteiger partial charge on any atom is -0.454 e. The van der Waals surface area contributed by atoms with Crippen LogP contribution < -0.4 is 14.8 Å². The molecule has 1 aromatic heterocycles. The van der Waals surface area contributed by atoms with Crippen LogP contribution in [-0.2, 0) is 0 Å². The van der Waals surface area contributed by atoms with Crippen molar-refractivity contribution in [3.8, 4) is 11.5 Å². The van der Waals surface area contributed by atoms with Crippen LogP contribution in [-0.4, -0.2) is 24.6 Å². The summed E-state index contributed by atoms with van der Waals surface area (Å²) in [5.74, 6) is 2.55. The van der Waals surface area contributed by atoms with Gasteiger partial charge in [-0.15, -0.1) is 11.8 Å². The molecule has 1 aromatic carbocycles. The zero-order chi connectivity index (χ0) is 13.8. The van der Waals surface area contributed by atoms with Crippen molar-refractivity contribution in [2.24, 2.45) is 0 Å². The number of thioether (sulfide) groups is 1. The van der Waals surface area contributed by atoms with Crippen LogP contribution in [0.4, 0.5) is 0 Å². The van der Waals surface area contributed by atoms with Crippen LogP contribution in [0.15, 0.2) is 47.6 Å². The number of pyridine rings is 1. The number of rotatable bonds is 5. The summed E-state index contributed by atoms with van der Waals surface area (Å²) in [5.41, 5.74) is 1.19. The number of aromatic nitrogens is 1. The monoisotopic (exact) mass is 288 g/mol. The Morgan fingerprint density at radius 1 is 1.25 bits per heavy atom. The predicted octanol–water partition coefficient (Wildman–Crippen LogP) is 2.86. The number of fused-ring (bicyclic) bond motifs is 1. The smallest absolute Gasteiger partial charge is 0.231 e. The average molecular weight is 288 g/mol. The summed E-state index contributed by atoms with van der Waals surface area (Å²) in [6.45, 7) is 0.311. The molecule has 1 N–H and O–H groups in total. The lowest BCUT2D eigenvalue weighted by Gasteiger charge is -2.16. The van der Waals surface area contributed by atoms with Crippen LogP contribution in [0, 0.1) is 0 Å². The first-order chi connectivity index (χ1) is 9.86. The SMILES string of the molecule is CNC(CSc1ccccn1)c1ccc2c(c1)OCO2.